The number of carbonyl (C=O) groups excluding carboxylic acids is 1. The average molecular weight is 345 g/mol. The fourth-order valence-electron chi connectivity index (χ4n) is 2.66. The first-order valence-electron chi connectivity index (χ1n) is 7.85. The Hall–Kier alpha value is -3.05. The van der Waals surface area contributed by atoms with Gasteiger partial charge in [0, 0.05) is 17.1 Å². The minimum atomic E-state index is -0.0695. The Morgan fingerprint density at radius 2 is 1.80 bits per heavy atom. The molecular weight excluding hydrogens is 330 g/mol. The van der Waals surface area contributed by atoms with Gasteiger partial charge >= 0.3 is 0 Å². The van der Waals surface area contributed by atoms with Gasteiger partial charge in [0.2, 0.25) is 5.78 Å². The molecule has 0 spiro atoms. The third kappa shape index (κ3) is 2.79. The molecule has 0 radical (unpaired) electrons. The first kappa shape index (κ1) is 15.5. The number of nitrogens with zero attached hydrogens (tertiary/aromatic N) is 2. The van der Waals surface area contributed by atoms with Crippen LogP contribution in [0.4, 0.5) is 5.69 Å². The van der Waals surface area contributed by atoms with Crippen LogP contribution in [0.25, 0.3) is 21.6 Å². The van der Waals surface area contributed by atoms with Crippen molar-refractivity contribution in [2.45, 2.75) is 6.92 Å². The van der Waals surface area contributed by atoms with Gasteiger partial charge in [-0.15, -0.1) is 11.3 Å². The van der Waals surface area contributed by atoms with E-state index in [2.05, 4.69) is 9.97 Å². The summed E-state index contributed by atoms with van der Waals surface area (Å²) in [6, 6.07) is 17.0. The number of fused-ring (bicyclic) bond motifs is 1. The maximum atomic E-state index is 12.8. The number of rotatable bonds is 3. The second kappa shape index (κ2) is 6.11. The molecule has 122 valence electrons. The zero-order valence-corrected chi connectivity index (χ0v) is 14.4. The topological polar surface area (TPSA) is 68.9 Å². The molecule has 0 bridgehead atoms. The Labute approximate surface area is 149 Å². The summed E-state index contributed by atoms with van der Waals surface area (Å²) in [6.45, 7) is 1.99. The highest BCUT2D eigenvalue weighted by Gasteiger charge is 2.19. The molecule has 0 aliphatic heterocycles. The van der Waals surface area contributed by atoms with E-state index < -0.39 is 0 Å². The first-order chi connectivity index (χ1) is 12.1. The Balaban J connectivity index is 1.79. The third-order valence-electron chi connectivity index (χ3n) is 4.04. The van der Waals surface area contributed by atoms with Crippen molar-refractivity contribution in [2.24, 2.45) is 0 Å². The molecule has 0 amide bonds. The number of benzene rings is 1. The number of hydrogen-bond donors (Lipinski definition) is 1. The van der Waals surface area contributed by atoms with Crippen molar-refractivity contribution < 1.29 is 4.79 Å². The van der Waals surface area contributed by atoms with Gasteiger partial charge in [0.15, 0.2) is 0 Å². The van der Waals surface area contributed by atoms with E-state index in [9.17, 15) is 4.79 Å². The van der Waals surface area contributed by atoms with Gasteiger partial charge in [-0.3, -0.25) is 9.78 Å². The molecular formula is C20H15N3OS. The van der Waals surface area contributed by atoms with Gasteiger partial charge in [-0.05, 0) is 31.2 Å². The van der Waals surface area contributed by atoms with Crippen molar-refractivity contribution >= 4 is 33.0 Å². The van der Waals surface area contributed by atoms with E-state index in [0.29, 0.717) is 16.1 Å². The number of nitrogen functional groups attached to an aromatic ring is 1. The largest absolute Gasteiger partial charge is 0.397 e. The van der Waals surface area contributed by atoms with E-state index in [-0.39, 0.29) is 5.78 Å². The number of nitrogens with two attached hydrogens (primary N) is 1. The summed E-state index contributed by atoms with van der Waals surface area (Å²) in [5.41, 5.74) is 10.0. The van der Waals surface area contributed by atoms with Gasteiger partial charge in [0.1, 0.15) is 9.71 Å². The summed E-state index contributed by atoms with van der Waals surface area (Å²) in [4.78, 5) is 23.0. The monoisotopic (exact) mass is 345 g/mol. The second-order valence-electron chi connectivity index (χ2n) is 5.80. The van der Waals surface area contributed by atoms with Crippen LogP contribution in [0, 0.1) is 6.92 Å². The summed E-state index contributed by atoms with van der Waals surface area (Å²) < 4.78 is 0. The highest BCUT2D eigenvalue weighted by atomic mass is 32.1. The lowest BCUT2D eigenvalue weighted by atomic mass is 10.1. The lowest BCUT2D eigenvalue weighted by Gasteiger charge is -2.00. The zero-order valence-electron chi connectivity index (χ0n) is 13.6. The zero-order chi connectivity index (χ0) is 17.4. The molecule has 0 saturated carbocycles. The van der Waals surface area contributed by atoms with Crippen LogP contribution in [-0.4, -0.2) is 15.8 Å². The number of anilines is 1. The SMILES string of the molecule is Cc1ccc(C(=O)c2sc3nc(-c4ccccn4)ccc3c2N)cc1. The first-order valence-corrected chi connectivity index (χ1v) is 8.67. The van der Waals surface area contributed by atoms with Gasteiger partial charge in [-0.25, -0.2) is 4.98 Å². The summed E-state index contributed by atoms with van der Waals surface area (Å²) >= 11 is 1.33. The number of ketones is 1. The number of aromatic nitrogens is 2. The summed E-state index contributed by atoms with van der Waals surface area (Å²) in [5.74, 6) is -0.0695. The number of carbonyl (C=O) groups is 1. The van der Waals surface area contributed by atoms with E-state index in [1.165, 1.54) is 11.3 Å². The van der Waals surface area contributed by atoms with Crippen LogP contribution in [0.3, 0.4) is 0 Å². The predicted molar refractivity (Wildman–Crippen MR) is 102 cm³/mol. The molecule has 0 atom stereocenters. The Kier molecular flexibility index (Phi) is 3.78. The van der Waals surface area contributed by atoms with Gasteiger partial charge in [0.05, 0.1) is 17.1 Å². The number of aryl methyl sites for hydroxylation is 1. The summed E-state index contributed by atoms with van der Waals surface area (Å²) in [5, 5.41) is 0.806. The van der Waals surface area contributed by atoms with Crippen molar-refractivity contribution in [3.8, 4) is 11.4 Å². The fraction of sp³-hybridized carbons (Fsp3) is 0.0500. The molecule has 3 aromatic heterocycles. The smallest absolute Gasteiger partial charge is 0.205 e. The fourth-order valence-corrected chi connectivity index (χ4v) is 3.71. The molecule has 1 aromatic carbocycles. The van der Waals surface area contributed by atoms with Gasteiger partial charge in [0.25, 0.3) is 0 Å². The quantitative estimate of drug-likeness (QED) is 0.556. The highest BCUT2D eigenvalue weighted by Crippen LogP contribution is 2.35. The van der Waals surface area contributed by atoms with Crippen LogP contribution in [0.15, 0.2) is 60.8 Å². The molecule has 5 heteroatoms. The molecule has 25 heavy (non-hydrogen) atoms. The van der Waals surface area contributed by atoms with Crippen molar-refractivity contribution in [3.05, 3.63) is 76.8 Å². The van der Waals surface area contributed by atoms with E-state index in [4.69, 9.17) is 5.73 Å². The molecule has 0 unspecified atom stereocenters. The number of pyridine rings is 2. The van der Waals surface area contributed by atoms with E-state index in [1.54, 1.807) is 6.20 Å². The third-order valence-corrected chi connectivity index (χ3v) is 5.16. The number of hydrogen-bond acceptors (Lipinski definition) is 5. The standard InChI is InChI=1S/C20H15N3OS/c1-12-5-7-13(8-6-12)18(24)19-17(21)14-9-10-16(23-20(14)25-19)15-4-2-3-11-22-15/h2-11H,21H2,1H3. The van der Waals surface area contributed by atoms with Crippen molar-refractivity contribution in [1.29, 1.82) is 0 Å². The normalized spacial score (nSPS) is 10.9. The molecule has 3 heterocycles. The molecule has 4 aromatic rings. The van der Waals surface area contributed by atoms with Gasteiger partial charge in [-0.2, -0.15) is 0 Å². The van der Waals surface area contributed by atoms with E-state index >= 15 is 0 Å². The van der Waals surface area contributed by atoms with Gasteiger partial charge in [-0.1, -0.05) is 35.9 Å². The molecule has 0 aliphatic rings. The van der Waals surface area contributed by atoms with Crippen LogP contribution >= 0.6 is 11.3 Å². The predicted octanol–water partition coefficient (Wildman–Crippen LogP) is 4.48. The average Bonchev–Trinajstić information content (AvgIpc) is 2.98. The summed E-state index contributed by atoms with van der Waals surface area (Å²) in [7, 11) is 0. The Morgan fingerprint density at radius 3 is 2.52 bits per heavy atom. The Morgan fingerprint density at radius 1 is 1.00 bits per heavy atom. The molecule has 4 nitrogen and oxygen atoms in total. The van der Waals surface area contributed by atoms with Crippen LogP contribution in [0.2, 0.25) is 0 Å². The maximum Gasteiger partial charge on any atom is 0.205 e. The lowest BCUT2D eigenvalue weighted by molar-refractivity contribution is 0.104. The maximum absolute atomic E-state index is 12.8. The van der Waals surface area contributed by atoms with Crippen molar-refractivity contribution in [2.75, 3.05) is 5.73 Å². The highest BCUT2D eigenvalue weighted by molar-refractivity contribution is 7.21. The minimum Gasteiger partial charge on any atom is -0.397 e. The Bertz CT molecular complexity index is 1070. The van der Waals surface area contributed by atoms with Crippen LogP contribution < -0.4 is 5.73 Å². The van der Waals surface area contributed by atoms with Crippen molar-refractivity contribution in [3.63, 3.8) is 0 Å². The van der Waals surface area contributed by atoms with Gasteiger partial charge < -0.3 is 5.73 Å². The molecule has 2 N–H and O–H groups in total. The molecule has 0 fully saturated rings. The molecule has 0 saturated heterocycles. The van der Waals surface area contributed by atoms with Crippen LogP contribution in [0.5, 0.6) is 0 Å². The van der Waals surface area contributed by atoms with Crippen molar-refractivity contribution in [1.82, 2.24) is 9.97 Å². The number of thiophene rings is 1. The minimum absolute atomic E-state index is 0.0695. The molecule has 0 aliphatic carbocycles. The summed E-state index contributed by atoms with van der Waals surface area (Å²) in [6.07, 6.45) is 1.73. The lowest BCUT2D eigenvalue weighted by Crippen LogP contribution is -2.01. The van der Waals surface area contributed by atoms with E-state index in [0.717, 1.165) is 27.2 Å². The van der Waals surface area contributed by atoms with E-state index in [1.807, 2.05) is 61.5 Å². The molecule has 4 rings (SSSR count). The van der Waals surface area contributed by atoms with Crippen LogP contribution in [-0.2, 0) is 0 Å². The second-order valence-corrected chi connectivity index (χ2v) is 6.80. The van der Waals surface area contributed by atoms with Crippen LogP contribution in [0.1, 0.15) is 20.8 Å².